The molecule has 2 aromatic rings. The normalized spacial score (nSPS) is 11.4. The van der Waals surface area contributed by atoms with Crippen LogP contribution in [0.1, 0.15) is 31.9 Å². The number of ether oxygens (including phenoxy) is 5. The van der Waals surface area contributed by atoms with Crippen molar-refractivity contribution in [3.8, 4) is 28.7 Å². The Morgan fingerprint density at radius 3 is 2.10 bits per heavy atom. The third kappa shape index (κ3) is 5.12. The molecular weight excluding hydrogens is 382 g/mol. The first-order chi connectivity index (χ1) is 14.4. The zero-order valence-corrected chi connectivity index (χ0v) is 19.0. The summed E-state index contributed by atoms with van der Waals surface area (Å²) < 4.78 is 27.9. The maximum absolute atomic E-state index is 6.02. The Kier molecular flexibility index (Phi) is 8.27. The van der Waals surface area contributed by atoms with Gasteiger partial charge >= 0.3 is 0 Å². The van der Waals surface area contributed by atoms with E-state index in [0.717, 1.165) is 17.5 Å². The van der Waals surface area contributed by atoms with Crippen molar-refractivity contribution in [2.24, 2.45) is 5.92 Å². The quantitative estimate of drug-likeness (QED) is 0.552. The Bertz CT molecular complexity index is 890. The lowest BCUT2D eigenvalue weighted by atomic mass is 9.93. The lowest BCUT2D eigenvalue weighted by Crippen LogP contribution is -2.03. The summed E-state index contributed by atoms with van der Waals surface area (Å²) >= 11 is 0. The van der Waals surface area contributed by atoms with Crippen molar-refractivity contribution in [2.75, 3.05) is 40.8 Å². The molecule has 0 heterocycles. The highest BCUT2D eigenvalue weighted by atomic mass is 16.5. The summed E-state index contributed by atoms with van der Waals surface area (Å²) in [4.78, 5) is 0. The number of nitrogens with two attached hydrogens (primary N) is 1. The van der Waals surface area contributed by atoms with Gasteiger partial charge in [-0.2, -0.15) is 0 Å². The van der Waals surface area contributed by atoms with Crippen molar-refractivity contribution in [3.63, 3.8) is 0 Å². The second kappa shape index (κ2) is 10.7. The van der Waals surface area contributed by atoms with Crippen molar-refractivity contribution in [3.05, 3.63) is 41.0 Å². The summed E-state index contributed by atoms with van der Waals surface area (Å²) in [6.07, 6.45) is 2.86. The molecule has 0 saturated heterocycles. The first-order valence-corrected chi connectivity index (χ1v) is 9.98. The van der Waals surface area contributed by atoms with E-state index in [1.165, 1.54) is 5.57 Å². The van der Waals surface area contributed by atoms with Crippen molar-refractivity contribution in [1.82, 2.24) is 0 Å². The first-order valence-electron chi connectivity index (χ1n) is 9.98. The van der Waals surface area contributed by atoms with E-state index < -0.39 is 0 Å². The van der Waals surface area contributed by atoms with Gasteiger partial charge in [-0.1, -0.05) is 31.6 Å². The summed E-state index contributed by atoms with van der Waals surface area (Å²) in [5.74, 6) is 3.20. The van der Waals surface area contributed by atoms with Gasteiger partial charge in [0.1, 0.15) is 5.75 Å². The fourth-order valence-corrected chi connectivity index (χ4v) is 3.29. The molecule has 30 heavy (non-hydrogen) atoms. The van der Waals surface area contributed by atoms with Gasteiger partial charge < -0.3 is 29.4 Å². The number of allylic oxidation sites excluding steroid dienone is 1. The molecule has 0 aliphatic carbocycles. The smallest absolute Gasteiger partial charge is 0.207 e. The highest BCUT2D eigenvalue weighted by Gasteiger charge is 2.21. The van der Waals surface area contributed by atoms with Gasteiger partial charge in [0.15, 0.2) is 11.5 Å². The van der Waals surface area contributed by atoms with Crippen molar-refractivity contribution in [2.45, 2.75) is 27.2 Å². The maximum atomic E-state index is 6.02. The van der Waals surface area contributed by atoms with Crippen LogP contribution in [0.15, 0.2) is 29.8 Å². The molecule has 6 nitrogen and oxygen atoms in total. The Balaban J connectivity index is 2.55. The third-order valence-electron chi connectivity index (χ3n) is 4.89. The number of rotatable bonds is 10. The topological polar surface area (TPSA) is 72.2 Å². The standard InChI is InChI=1S/C24H33NO5/c1-8-30-20-12-16(9-10-19(20)25)11-17(15(2)3)13-18-14-21(26-4)23(28-6)24(29-7)22(18)27-5/h9-10,12-15H,8,11,25H2,1-7H3/b17-13+. The van der Waals surface area contributed by atoms with Crippen molar-refractivity contribution in [1.29, 1.82) is 0 Å². The molecular formula is C24H33NO5. The van der Waals surface area contributed by atoms with Gasteiger partial charge in [-0.3, -0.25) is 0 Å². The van der Waals surface area contributed by atoms with Crippen molar-refractivity contribution < 1.29 is 23.7 Å². The van der Waals surface area contributed by atoms with Gasteiger partial charge in [0.2, 0.25) is 11.5 Å². The lowest BCUT2D eigenvalue weighted by molar-refractivity contribution is 0.305. The van der Waals surface area contributed by atoms with E-state index in [2.05, 4.69) is 19.9 Å². The molecule has 2 N–H and O–H groups in total. The van der Waals surface area contributed by atoms with Gasteiger partial charge in [0, 0.05) is 5.56 Å². The minimum atomic E-state index is 0.307. The van der Waals surface area contributed by atoms with Crippen LogP contribution in [0.3, 0.4) is 0 Å². The molecule has 0 fully saturated rings. The predicted molar refractivity (Wildman–Crippen MR) is 121 cm³/mol. The minimum Gasteiger partial charge on any atom is -0.493 e. The van der Waals surface area contributed by atoms with E-state index in [1.54, 1.807) is 28.4 Å². The minimum absolute atomic E-state index is 0.307. The van der Waals surface area contributed by atoms with E-state index in [1.807, 2.05) is 31.2 Å². The van der Waals surface area contributed by atoms with E-state index >= 15 is 0 Å². The summed E-state index contributed by atoms with van der Waals surface area (Å²) in [5, 5.41) is 0. The average Bonchev–Trinajstić information content (AvgIpc) is 2.74. The van der Waals surface area contributed by atoms with Crippen LogP contribution in [0, 0.1) is 5.92 Å². The molecule has 0 aliphatic heterocycles. The van der Waals surface area contributed by atoms with Crippen LogP contribution in [0.4, 0.5) is 5.69 Å². The fraction of sp³-hybridized carbons (Fsp3) is 0.417. The van der Waals surface area contributed by atoms with E-state index in [0.29, 0.717) is 47.0 Å². The second-order valence-electron chi connectivity index (χ2n) is 7.12. The molecule has 0 bridgehead atoms. The van der Waals surface area contributed by atoms with Crippen LogP contribution in [-0.2, 0) is 6.42 Å². The Hall–Kier alpha value is -3.02. The maximum Gasteiger partial charge on any atom is 0.207 e. The molecule has 0 radical (unpaired) electrons. The van der Waals surface area contributed by atoms with E-state index in [9.17, 15) is 0 Å². The van der Waals surface area contributed by atoms with Gasteiger partial charge in [0.25, 0.3) is 0 Å². The highest BCUT2D eigenvalue weighted by molar-refractivity contribution is 5.72. The zero-order valence-electron chi connectivity index (χ0n) is 19.0. The fourth-order valence-electron chi connectivity index (χ4n) is 3.29. The van der Waals surface area contributed by atoms with Crippen LogP contribution in [0.25, 0.3) is 6.08 Å². The second-order valence-corrected chi connectivity index (χ2v) is 7.12. The highest BCUT2D eigenvalue weighted by Crippen LogP contribution is 2.47. The summed E-state index contributed by atoms with van der Waals surface area (Å²) in [5.41, 5.74) is 9.86. The molecule has 0 saturated carbocycles. The molecule has 6 heteroatoms. The number of hydrogen-bond acceptors (Lipinski definition) is 6. The van der Waals surface area contributed by atoms with Crippen LogP contribution >= 0.6 is 0 Å². The Labute approximate surface area is 179 Å². The Morgan fingerprint density at radius 1 is 0.900 bits per heavy atom. The summed E-state index contributed by atoms with van der Waals surface area (Å²) in [6.45, 7) is 6.85. The summed E-state index contributed by atoms with van der Waals surface area (Å²) in [6, 6.07) is 7.82. The summed E-state index contributed by atoms with van der Waals surface area (Å²) in [7, 11) is 6.38. The van der Waals surface area contributed by atoms with Gasteiger partial charge in [-0.15, -0.1) is 0 Å². The molecule has 0 spiro atoms. The predicted octanol–water partition coefficient (Wildman–Crippen LogP) is 4.98. The molecule has 0 aliphatic rings. The number of nitrogen functional groups attached to an aromatic ring is 1. The van der Waals surface area contributed by atoms with Gasteiger partial charge in [0.05, 0.1) is 40.7 Å². The number of hydrogen-bond donors (Lipinski definition) is 1. The molecule has 0 unspecified atom stereocenters. The van der Waals surface area contributed by atoms with E-state index in [4.69, 9.17) is 29.4 Å². The van der Waals surface area contributed by atoms with Crippen LogP contribution in [-0.4, -0.2) is 35.0 Å². The average molecular weight is 416 g/mol. The monoisotopic (exact) mass is 415 g/mol. The zero-order chi connectivity index (χ0) is 22.3. The molecule has 0 aromatic heterocycles. The molecule has 2 rings (SSSR count). The van der Waals surface area contributed by atoms with Crippen LogP contribution < -0.4 is 29.4 Å². The molecule has 164 valence electrons. The molecule has 0 amide bonds. The third-order valence-corrected chi connectivity index (χ3v) is 4.89. The molecule has 0 atom stereocenters. The Morgan fingerprint density at radius 2 is 1.57 bits per heavy atom. The first kappa shape index (κ1) is 23.3. The SMILES string of the molecule is CCOc1cc(C/C(=C\c2cc(OC)c(OC)c(OC)c2OC)C(C)C)ccc1N. The van der Waals surface area contributed by atoms with Crippen molar-refractivity contribution >= 4 is 11.8 Å². The van der Waals surface area contributed by atoms with Crippen LogP contribution in [0.2, 0.25) is 0 Å². The van der Waals surface area contributed by atoms with E-state index in [-0.39, 0.29) is 0 Å². The van der Waals surface area contributed by atoms with Gasteiger partial charge in [-0.05, 0) is 43.0 Å². The molecule has 2 aromatic carbocycles. The lowest BCUT2D eigenvalue weighted by Gasteiger charge is -2.19. The number of anilines is 1. The number of methoxy groups -OCH3 is 4. The van der Waals surface area contributed by atoms with Crippen LogP contribution in [0.5, 0.6) is 28.7 Å². The largest absolute Gasteiger partial charge is 0.493 e. The number of benzene rings is 2. The van der Waals surface area contributed by atoms with Gasteiger partial charge in [-0.25, -0.2) is 0 Å².